The molecular formula is C21H19N3O3. The van der Waals surface area contributed by atoms with Crippen LogP contribution in [-0.4, -0.2) is 29.6 Å². The minimum absolute atomic E-state index is 0.0301. The number of nitrogens with one attached hydrogen (secondary N) is 2. The second-order valence-electron chi connectivity index (χ2n) is 6.53. The molecule has 1 atom stereocenters. The number of amides is 2. The van der Waals surface area contributed by atoms with Crippen LogP contribution >= 0.6 is 0 Å². The average molecular weight is 361 g/mol. The maximum atomic E-state index is 12.8. The highest BCUT2D eigenvalue weighted by atomic mass is 16.5. The average Bonchev–Trinajstić information content (AvgIpc) is 3.08. The molecule has 2 amide bonds. The molecule has 3 aromatic rings. The van der Waals surface area contributed by atoms with Crippen LogP contribution in [0.3, 0.4) is 0 Å². The number of anilines is 2. The maximum absolute atomic E-state index is 12.8. The summed E-state index contributed by atoms with van der Waals surface area (Å²) in [7, 11) is 0. The van der Waals surface area contributed by atoms with Crippen LogP contribution < -0.4 is 15.7 Å². The first-order chi connectivity index (χ1) is 13.2. The molecule has 1 aliphatic rings. The molecule has 0 radical (unpaired) electrons. The summed E-state index contributed by atoms with van der Waals surface area (Å²) < 4.78 is 0. The molecule has 27 heavy (non-hydrogen) atoms. The van der Waals surface area contributed by atoms with Crippen LogP contribution in [0.4, 0.5) is 11.4 Å². The fourth-order valence-electron chi connectivity index (χ4n) is 3.40. The second-order valence-corrected chi connectivity index (χ2v) is 6.53. The van der Waals surface area contributed by atoms with Gasteiger partial charge in [-0.25, -0.2) is 5.48 Å². The lowest BCUT2D eigenvalue weighted by atomic mass is 10.1. The molecule has 1 fully saturated rings. The molecule has 136 valence electrons. The molecular weight excluding hydrogens is 342 g/mol. The van der Waals surface area contributed by atoms with Gasteiger partial charge in [0, 0.05) is 23.5 Å². The largest absolute Gasteiger partial charge is 0.374 e. The van der Waals surface area contributed by atoms with E-state index in [9.17, 15) is 9.59 Å². The van der Waals surface area contributed by atoms with Gasteiger partial charge in [-0.15, -0.1) is 0 Å². The predicted molar refractivity (Wildman–Crippen MR) is 104 cm³/mol. The fraction of sp³-hybridized carbons (Fsp3) is 0.143. The third kappa shape index (κ3) is 3.35. The minimum Gasteiger partial charge on any atom is -0.374 e. The van der Waals surface area contributed by atoms with Gasteiger partial charge in [0.2, 0.25) is 5.91 Å². The standard InChI is InChI=1S/C21H19N3O3/c25-20(23-27)15-5-8-17(9-6-15)22-19-11-12-24(21(19)26)18-10-7-14-3-1-2-4-16(14)13-18/h1-10,13,19,22,27H,11-12H2,(H,23,25). The number of hydroxylamine groups is 1. The van der Waals surface area contributed by atoms with Gasteiger partial charge >= 0.3 is 0 Å². The van der Waals surface area contributed by atoms with E-state index in [4.69, 9.17) is 5.21 Å². The van der Waals surface area contributed by atoms with Crippen molar-refractivity contribution in [1.29, 1.82) is 0 Å². The lowest BCUT2D eigenvalue weighted by Gasteiger charge is -2.18. The van der Waals surface area contributed by atoms with Gasteiger partial charge in [0.05, 0.1) is 0 Å². The number of fused-ring (bicyclic) bond motifs is 1. The Morgan fingerprint density at radius 3 is 2.48 bits per heavy atom. The van der Waals surface area contributed by atoms with Crippen molar-refractivity contribution < 1.29 is 14.8 Å². The summed E-state index contributed by atoms with van der Waals surface area (Å²) in [5.74, 6) is -0.538. The molecule has 0 saturated carbocycles. The summed E-state index contributed by atoms with van der Waals surface area (Å²) in [5.41, 5.74) is 3.60. The first-order valence-corrected chi connectivity index (χ1v) is 8.77. The highest BCUT2D eigenvalue weighted by molar-refractivity contribution is 6.02. The SMILES string of the molecule is O=C(NO)c1ccc(NC2CCN(c3ccc4ccccc4c3)C2=O)cc1. The predicted octanol–water partition coefficient (Wildman–Crippen LogP) is 3.18. The van der Waals surface area contributed by atoms with Gasteiger partial charge in [-0.1, -0.05) is 30.3 Å². The van der Waals surface area contributed by atoms with Crippen molar-refractivity contribution in [2.45, 2.75) is 12.5 Å². The van der Waals surface area contributed by atoms with Gasteiger partial charge in [0.25, 0.3) is 5.91 Å². The molecule has 0 aliphatic carbocycles. The zero-order valence-electron chi connectivity index (χ0n) is 14.6. The molecule has 0 aromatic heterocycles. The monoisotopic (exact) mass is 361 g/mol. The van der Waals surface area contributed by atoms with Crippen molar-refractivity contribution in [2.75, 3.05) is 16.8 Å². The van der Waals surface area contributed by atoms with Crippen molar-refractivity contribution >= 4 is 34.0 Å². The number of hydrogen-bond donors (Lipinski definition) is 3. The summed E-state index contributed by atoms with van der Waals surface area (Å²) in [5, 5.41) is 14.1. The summed E-state index contributed by atoms with van der Waals surface area (Å²) in [6, 6.07) is 20.4. The smallest absolute Gasteiger partial charge is 0.274 e. The van der Waals surface area contributed by atoms with Crippen LogP contribution in [0.15, 0.2) is 66.7 Å². The van der Waals surface area contributed by atoms with Crippen LogP contribution in [0.2, 0.25) is 0 Å². The summed E-state index contributed by atoms with van der Waals surface area (Å²) in [4.78, 5) is 26.0. The molecule has 3 aromatic carbocycles. The Morgan fingerprint density at radius 2 is 1.74 bits per heavy atom. The molecule has 1 unspecified atom stereocenters. The zero-order valence-corrected chi connectivity index (χ0v) is 14.6. The third-order valence-electron chi connectivity index (χ3n) is 4.84. The van der Waals surface area contributed by atoms with Crippen LogP contribution in [0.1, 0.15) is 16.8 Å². The Balaban J connectivity index is 1.48. The van der Waals surface area contributed by atoms with Crippen molar-refractivity contribution in [2.24, 2.45) is 0 Å². The van der Waals surface area contributed by atoms with Gasteiger partial charge < -0.3 is 10.2 Å². The fourth-order valence-corrected chi connectivity index (χ4v) is 3.40. The van der Waals surface area contributed by atoms with Crippen LogP contribution in [0, 0.1) is 0 Å². The second kappa shape index (κ2) is 7.09. The van der Waals surface area contributed by atoms with Gasteiger partial charge in [-0.2, -0.15) is 0 Å². The number of carbonyl (C=O) groups excluding carboxylic acids is 2. The van der Waals surface area contributed by atoms with Crippen molar-refractivity contribution in [1.82, 2.24) is 5.48 Å². The number of benzene rings is 3. The Kier molecular flexibility index (Phi) is 4.48. The van der Waals surface area contributed by atoms with E-state index in [-0.39, 0.29) is 11.9 Å². The van der Waals surface area contributed by atoms with Crippen LogP contribution in [-0.2, 0) is 4.79 Å². The van der Waals surface area contributed by atoms with E-state index >= 15 is 0 Å². The van der Waals surface area contributed by atoms with Crippen molar-refractivity contribution in [3.8, 4) is 0 Å². The van der Waals surface area contributed by atoms with E-state index in [1.165, 1.54) is 0 Å². The minimum atomic E-state index is -0.569. The number of carbonyl (C=O) groups is 2. The van der Waals surface area contributed by atoms with E-state index in [1.54, 1.807) is 34.6 Å². The Hall–Kier alpha value is -3.38. The van der Waals surface area contributed by atoms with Crippen molar-refractivity contribution in [3.05, 3.63) is 72.3 Å². The first-order valence-electron chi connectivity index (χ1n) is 8.77. The van der Waals surface area contributed by atoms with E-state index in [0.717, 1.165) is 22.1 Å². The number of rotatable bonds is 4. The lowest BCUT2D eigenvalue weighted by Crippen LogP contribution is -2.33. The maximum Gasteiger partial charge on any atom is 0.274 e. The Labute approximate surface area is 156 Å². The van der Waals surface area contributed by atoms with E-state index in [2.05, 4.69) is 11.4 Å². The first kappa shape index (κ1) is 17.1. The molecule has 6 nitrogen and oxygen atoms in total. The van der Waals surface area contributed by atoms with Crippen LogP contribution in [0.5, 0.6) is 0 Å². The summed E-state index contributed by atoms with van der Waals surface area (Å²) >= 11 is 0. The Morgan fingerprint density at radius 1 is 1.00 bits per heavy atom. The van der Waals surface area contributed by atoms with Crippen LogP contribution in [0.25, 0.3) is 10.8 Å². The molecule has 1 saturated heterocycles. The molecule has 1 aliphatic heterocycles. The van der Waals surface area contributed by atoms with Gasteiger partial charge in [0.1, 0.15) is 6.04 Å². The molecule has 0 spiro atoms. The quantitative estimate of drug-likeness (QED) is 0.492. The van der Waals surface area contributed by atoms with Gasteiger partial charge in [-0.3, -0.25) is 14.8 Å². The zero-order chi connectivity index (χ0) is 18.8. The van der Waals surface area contributed by atoms with Gasteiger partial charge in [0.15, 0.2) is 0 Å². The number of nitrogens with zero attached hydrogens (tertiary/aromatic N) is 1. The van der Waals surface area contributed by atoms with Crippen molar-refractivity contribution in [3.63, 3.8) is 0 Å². The van der Waals surface area contributed by atoms with E-state index in [1.807, 2.05) is 36.4 Å². The molecule has 6 heteroatoms. The normalized spacial score (nSPS) is 16.6. The van der Waals surface area contributed by atoms with E-state index < -0.39 is 5.91 Å². The highest BCUT2D eigenvalue weighted by Crippen LogP contribution is 2.27. The van der Waals surface area contributed by atoms with E-state index in [0.29, 0.717) is 18.5 Å². The Bertz CT molecular complexity index is 1000. The molecule has 1 heterocycles. The molecule has 4 rings (SSSR count). The highest BCUT2D eigenvalue weighted by Gasteiger charge is 2.32. The third-order valence-corrected chi connectivity index (χ3v) is 4.84. The number of hydrogen-bond acceptors (Lipinski definition) is 4. The topological polar surface area (TPSA) is 81.7 Å². The lowest BCUT2D eigenvalue weighted by molar-refractivity contribution is -0.117. The summed E-state index contributed by atoms with van der Waals surface area (Å²) in [6.07, 6.45) is 0.699. The summed E-state index contributed by atoms with van der Waals surface area (Å²) in [6.45, 7) is 0.653. The molecule has 0 bridgehead atoms. The van der Waals surface area contributed by atoms with Gasteiger partial charge in [-0.05, 0) is 53.6 Å². The molecule has 3 N–H and O–H groups in total.